The summed E-state index contributed by atoms with van der Waals surface area (Å²) in [6.45, 7) is 6.09. The molecule has 2 aromatic rings. The molecular weight excluding hydrogens is 284 g/mol. The summed E-state index contributed by atoms with van der Waals surface area (Å²) in [6, 6.07) is 6.06. The van der Waals surface area contributed by atoms with Gasteiger partial charge in [0.15, 0.2) is 0 Å². The molecule has 0 saturated heterocycles. The first kappa shape index (κ1) is 15.6. The maximum absolute atomic E-state index is 12.1. The molecule has 0 aliphatic rings. The zero-order valence-electron chi connectivity index (χ0n) is 12.6. The third kappa shape index (κ3) is 4.07. The van der Waals surface area contributed by atoms with Crippen LogP contribution in [-0.2, 0) is 17.6 Å². The van der Waals surface area contributed by atoms with E-state index in [0.29, 0.717) is 10.9 Å². The number of H-pyrrole nitrogens is 1. The van der Waals surface area contributed by atoms with Gasteiger partial charge in [-0.3, -0.25) is 9.89 Å². The normalized spacial score (nSPS) is 10.6. The molecule has 6 heteroatoms. The quantitative estimate of drug-likeness (QED) is 0.805. The lowest BCUT2D eigenvalue weighted by molar-refractivity contribution is -0.113. The maximum Gasteiger partial charge on any atom is 0.234 e. The van der Waals surface area contributed by atoms with Gasteiger partial charge in [-0.1, -0.05) is 43.8 Å². The van der Waals surface area contributed by atoms with Gasteiger partial charge in [0.1, 0.15) is 5.82 Å². The number of thioether (sulfide) groups is 1. The van der Waals surface area contributed by atoms with Crippen molar-refractivity contribution in [1.82, 2.24) is 15.2 Å². The lowest BCUT2D eigenvalue weighted by Gasteiger charge is -2.12. The number of benzene rings is 1. The Morgan fingerprint density at radius 1 is 1.33 bits per heavy atom. The molecule has 2 rings (SSSR count). The molecule has 112 valence electrons. The topological polar surface area (TPSA) is 70.7 Å². The average molecular weight is 304 g/mol. The Morgan fingerprint density at radius 2 is 2.14 bits per heavy atom. The number of aryl methyl sites for hydroxylation is 3. The molecule has 0 bridgehead atoms. The Bertz CT molecular complexity index is 624. The highest BCUT2D eigenvalue weighted by atomic mass is 32.2. The average Bonchev–Trinajstić information content (AvgIpc) is 2.95. The highest BCUT2D eigenvalue weighted by Gasteiger charge is 2.10. The van der Waals surface area contributed by atoms with Crippen molar-refractivity contribution in [3.05, 3.63) is 35.2 Å². The SMILES string of the molecule is CCc1nc(SCC(=O)Nc2c(C)cccc2CC)n[nH]1. The molecule has 2 N–H and O–H groups in total. The van der Waals surface area contributed by atoms with Crippen molar-refractivity contribution in [2.75, 3.05) is 11.1 Å². The van der Waals surface area contributed by atoms with Crippen molar-refractivity contribution in [3.63, 3.8) is 0 Å². The smallest absolute Gasteiger partial charge is 0.234 e. The Balaban J connectivity index is 1.96. The number of amides is 1. The molecule has 1 aromatic heterocycles. The Labute approximate surface area is 128 Å². The fraction of sp³-hybridized carbons (Fsp3) is 0.400. The van der Waals surface area contributed by atoms with Crippen LogP contribution < -0.4 is 5.32 Å². The van der Waals surface area contributed by atoms with Gasteiger partial charge in [-0.25, -0.2) is 4.98 Å². The van der Waals surface area contributed by atoms with Crippen LogP contribution in [0, 0.1) is 6.92 Å². The number of rotatable bonds is 6. The van der Waals surface area contributed by atoms with Crippen LogP contribution in [0.25, 0.3) is 0 Å². The van der Waals surface area contributed by atoms with Gasteiger partial charge in [0.2, 0.25) is 11.1 Å². The largest absolute Gasteiger partial charge is 0.325 e. The molecule has 1 heterocycles. The fourth-order valence-electron chi connectivity index (χ4n) is 2.01. The van der Waals surface area contributed by atoms with Gasteiger partial charge in [-0.15, -0.1) is 5.10 Å². The summed E-state index contributed by atoms with van der Waals surface area (Å²) < 4.78 is 0. The van der Waals surface area contributed by atoms with Crippen LogP contribution in [0.5, 0.6) is 0 Å². The van der Waals surface area contributed by atoms with Gasteiger partial charge in [0.25, 0.3) is 0 Å². The zero-order valence-corrected chi connectivity index (χ0v) is 13.4. The number of anilines is 1. The molecule has 0 fully saturated rings. The Kier molecular flexibility index (Phi) is 5.38. The first-order valence-electron chi connectivity index (χ1n) is 7.06. The number of aromatic nitrogens is 3. The van der Waals surface area contributed by atoms with E-state index in [1.54, 1.807) is 0 Å². The number of hydrogen-bond donors (Lipinski definition) is 2. The van der Waals surface area contributed by atoms with Gasteiger partial charge in [-0.2, -0.15) is 0 Å². The molecule has 0 saturated carbocycles. The van der Waals surface area contributed by atoms with Crippen molar-refractivity contribution in [3.8, 4) is 0 Å². The van der Waals surface area contributed by atoms with Crippen molar-refractivity contribution < 1.29 is 4.79 Å². The van der Waals surface area contributed by atoms with Gasteiger partial charge in [0.05, 0.1) is 5.75 Å². The van der Waals surface area contributed by atoms with E-state index < -0.39 is 0 Å². The van der Waals surface area contributed by atoms with E-state index in [9.17, 15) is 4.79 Å². The van der Waals surface area contributed by atoms with Crippen LogP contribution in [-0.4, -0.2) is 26.8 Å². The van der Waals surface area contributed by atoms with Gasteiger partial charge < -0.3 is 5.32 Å². The second-order valence-corrected chi connectivity index (χ2v) is 5.66. The van der Waals surface area contributed by atoms with E-state index in [0.717, 1.165) is 35.5 Å². The number of carbonyl (C=O) groups excluding carboxylic acids is 1. The standard InChI is InChI=1S/C15H20N4OS/c1-4-11-8-6-7-10(3)14(11)17-13(20)9-21-15-16-12(5-2)18-19-15/h6-8H,4-5,9H2,1-3H3,(H,17,20)(H,16,18,19). The van der Waals surface area contributed by atoms with E-state index >= 15 is 0 Å². The molecule has 0 atom stereocenters. The second-order valence-electron chi connectivity index (χ2n) is 4.72. The second kappa shape index (κ2) is 7.26. The maximum atomic E-state index is 12.1. The summed E-state index contributed by atoms with van der Waals surface area (Å²) >= 11 is 1.34. The van der Waals surface area contributed by atoms with Crippen molar-refractivity contribution >= 4 is 23.4 Å². The van der Waals surface area contributed by atoms with Crippen molar-refractivity contribution in [2.45, 2.75) is 38.8 Å². The van der Waals surface area contributed by atoms with Crippen LogP contribution in [0.1, 0.15) is 30.8 Å². The van der Waals surface area contributed by atoms with Crippen LogP contribution in [0.4, 0.5) is 5.69 Å². The van der Waals surface area contributed by atoms with E-state index in [2.05, 4.69) is 27.4 Å². The molecule has 0 spiro atoms. The number of carbonyl (C=O) groups is 1. The summed E-state index contributed by atoms with van der Waals surface area (Å²) in [6.07, 6.45) is 1.70. The minimum Gasteiger partial charge on any atom is -0.325 e. The highest BCUT2D eigenvalue weighted by Crippen LogP contribution is 2.22. The van der Waals surface area contributed by atoms with E-state index in [4.69, 9.17) is 0 Å². The number of para-hydroxylation sites is 1. The monoisotopic (exact) mass is 304 g/mol. The van der Waals surface area contributed by atoms with Crippen LogP contribution in [0.15, 0.2) is 23.4 Å². The molecule has 0 aliphatic heterocycles. The first-order chi connectivity index (χ1) is 10.1. The van der Waals surface area contributed by atoms with E-state index in [1.165, 1.54) is 11.8 Å². The number of nitrogens with zero attached hydrogens (tertiary/aromatic N) is 2. The van der Waals surface area contributed by atoms with Crippen LogP contribution in [0.2, 0.25) is 0 Å². The Hall–Kier alpha value is -1.82. The highest BCUT2D eigenvalue weighted by molar-refractivity contribution is 7.99. The number of hydrogen-bond acceptors (Lipinski definition) is 4. The minimum atomic E-state index is -0.0353. The predicted molar refractivity (Wildman–Crippen MR) is 85.7 cm³/mol. The van der Waals surface area contributed by atoms with Crippen molar-refractivity contribution in [2.24, 2.45) is 0 Å². The molecule has 21 heavy (non-hydrogen) atoms. The third-order valence-corrected chi connectivity index (χ3v) is 4.03. The summed E-state index contributed by atoms with van der Waals surface area (Å²) in [5.41, 5.74) is 3.16. The predicted octanol–water partition coefficient (Wildman–Crippen LogP) is 2.97. The van der Waals surface area contributed by atoms with Crippen LogP contribution in [0.3, 0.4) is 0 Å². The van der Waals surface area contributed by atoms with Gasteiger partial charge in [0, 0.05) is 12.1 Å². The summed E-state index contributed by atoms with van der Waals surface area (Å²) in [4.78, 5) is 16.4. The zero-order chi connectivity index (χ0) is 15.2. The Morgan fingerprint density at radius 3 is 2.81 bits per heavy atom. The lowest BCUT2D eigenvalue weighted by Crippen LogP contribution is -2.16. The molecule has 0 radical (unpaired) electrons. The summed E-state index contributed by atoms with van der Waals surface area (Å²) in [5, 5.41) is 10.5. The summed E-state index contributed by atoms with van der Waals surface area (Å²) in [7, 11) is 0. The molecule has 0 aliphatic carbocycles. The van der Waals surface area contributed by atoms with Gasteiger partial charge >= 0.3 is 0 Å². The van der Waals surface area contributed by atoms with Crippen LogP contribution >= 0.6 is 11.8 Å². The molecule has 1 aromatic carbocycles. The molecular formula is C15H20N4OS. The molecule has 0 unspecified atom stereocenters. The minimum absolute atomic E-state index is 0.0353. The number of aromatic amines is 1. The molecule has 1 amide bonds. The van der Waals surface area contributed by atoms with E-state index in [1.807, 2.05) is 32.0 Å². The van der Waals surface area contributed by atoms with E-state index in [-0.39, 0.29) is 5.91 Å². The third-order valence-electron chi connectivity index (χ3n) is 3.18. The summed E-state index contributed by atoms with van der Waals surface area (Å²) in [5.74, 6) is 1.11. The van der Waals surface area contributed by atoms with Gasteiger partial charge in [-0.05, 0) is 24.5 Å². The fourth-order valence-corrected chi connectivity index (χ4v) is 2.63. The lowest BCUT2D eigenvalue weighted by atomic mass is 10.1. The number of nitrogens with one attached hydrogen (secondary N) is 2. The van der Waals surface area contributed by atoms with Crippen molar-refractivity contribution in [1.29, 1.82) is 0 Å². The first-order valence-corrected chi connectivity index (χ1v) is 8.05. The molecule has 5 nitrogen and oxygen atoms in total.